The molecular formula is C18H20FN3O3. The SMILES string of the molecule is COc1nccc(OC2CCCN(C(=O)c3ccc(C)c(F)c3)C2)n1. The van der Waals surface area contributed by atoms with Crippen molar-refractivity contribution >= 4 is 5.91 Å². The van der Waals surface area contributed by atoms with Gasteiger partial charge in [-0.3, -0.25) is 4.79 Å². The fourth-order valence-corrected chi connectivity index (χ4v) is 2.79. The molecule has 0 spiro atoms. The highest BCUT2D eigenvalue weighted by Gasteiger charge is 2.26. The molecular weight excluding hydrogens is 325 g/mol. The lowest BCUT2D eigenvalue weighted by molar-refractivity contribution is 0.0525. The second kappa shape index (κ2) is 7.46. The number of hydrogen-bond acceptors (Lipinski definition) is 5. The van der Waals surface area contributed by atoms with Crippen LogP contribution in [0.4, 0.5) is 4.39 Å². The number of benzene rings is 1. The van der Waals surface area contributed by atoms with Crippen LogP contribution in [0.5, 0.6) is 11.9 Å². The van der Waals surface area contributed by atoms with E-state index in [2.05, 4.69) is 9.97 Å². The molecule has 0 aliphatic carbocycles. The molecule has 1 amide bonds. The molecule has 1 aromatic heterocycles. The largest absolute Gasteiger partial charge is 0.472 e. The third-order valence-electron chi connectivity index (χ3n) is 4.16. The third-order valence-corrected chi connectivity index (χ3v) is 4.16. The van der Waals surface area contributed by atoms with Crippen LogP contribution in [0.1, 0.15) is 28.8 Å². The zero-order valence-corrected chi connectivity index (χ0v) is 14.2. The number of aromatic nitrogens is 2. The number of carbonyl (C=O) groups is 1. The summed E-state index contributed by atoms with van der Waals surface area (Å²) >= 11 is 0. The minimum absolute atomic E-state index is 0.174. The van der Waals surface area contributed by atoms with Gasteiger partial charge in [-0.15, -0.1) is 0 Å². The fourth-order valence-electron chi connectivity index (χ4n) is 2.79. The Kier molecular flexibility index (Phi) is 5.11. The summed E-state index contributed by atoms with van der Waals surface area (Å²) in [5, 5.41) is 0. The molecule has 1 saturated heterocycles. The van der Waals surface area contributed by atoms with Crippen LogP contribution in [0, 0.1) is 12.7 Å². The first-order chi connectivity index (χ1) is 12.1. The van der Waals surface area contributed by atoms with Crippen molar-refractivity contribution in [3.8, 4) is 11.9 Å². The number of ether oxygens (including phenoxy) is 2. The van der Waals surface area contributed by atoms with Gasteiger partial charge in [0, 0.05) is 24.4 Å². The minimum atomic E-state index is -0.372. The molecule has 1 fully saturated rings. The Bertz CT molecular complexity index is 769. The molecule has 0 saturated carbocycles. The van der Waals surface area contributed by atoms with E-state index in [0.717, 1.165) is 12.8 Å². The molecule has 0 radical (unpaired) electrons. The van der Waals surface area contributed by atoms with Gasteiger partial charge in [-0.1, -0.05) is 6.07 Å². The molecule has 1 aliphatic rings. The highest BCUT2D eigenvalue weighted by molar-refractivity contribution is 5.94. The molecule has 3 rings (SSSR count). The molecule has 132 valence electrons. The number of hydrogen-bond donors (Lipinski definition) is 0. The summed E-state index contributed by atoms with van der Waals surface area (Å²) < 4.78 is 24.6. The summed E-state index contributed by atoms with van der Waals surface area (Å²) in [7, 11) is 1.49. The molecule has 0 bridgehead atoms. The molecule has 1 aliphatic heterocycles. The van der Waals surface area contributed by atoms with Crippen LogP contribution in [-0.4, -0.2) is 47.1 Å². The Morgan fingerprint density at radius 2 is 2.20 bits per heavy atom. The number of aryl methyl sites for hydroxylation is 1. The highest BCUT2D eigenvalue weighted by atomic mass is 19.1. The molecule has 1 atom stereocenters. The van der Waals surface area contributed by atoms with Gasteiger partial charge < -0.3 is 14.4 Å². The normalized spacial score (nSPS) is 17.2. The molecule has 25 heavy (non-hydrogen) atoms. The van der Waals surface area contributed by atoms with Crippen molar-refractivity contribution in [3.05, 3.63) is 47.4 Å². The van der Waals surface area contributed by atoms with Crippen molar-refractivity contribution in [2.24, 2.45) is 0 Å². The Morgan fingerprint density at radius 1 is 1.36 bits per heavy atom. The van der Waals surface area contributed by atoms with Crippen LogP contribution < -0.4 is 9.47 Å². The van der Waals surface area contributed by atoms with E-state index in [1.54, 1.807) is 36.2 Å². The number of methoxy groups -OCH3 is 1. The maximum absolute atomic E-state index is 13.7. The summed E-state index contributed by atoms with van der Waals surface area (Å²) in [6.07, 6.45) is 3.01. The summed E-state index contributed by atoms with van der Waals surface area (Å²) in [5.74, 6) is -0.149. The molecule has 2 heterocycles. The lowest BCUT2D eigenvalue weighted by atomic mass is 10.1. The molecule has 1 aromatic carbocycles. The van der Waals surface area contributed by atoms with Crippen molar-refractivity contribution < 1.29 is 18.7 Å². The van der Waals surface area contributed by atoms with E-state index in [4.69, 9.17) is 9.47 Å². The topological polar surface area (TPSA) is 64.6 Å². The summed E-state index contributed by atoms with van der Waals surface area (Å²) in [6, 6.07) is 6.45. The van der Waals surface area contributed by atoms with Crippen molar-refractivity contribution in [3.63, 3.8) is 0 Å². The monoisotopic (exact) mass is 345 g/mol. The molecule has 7 heteroatoms. The lowest BCUT2D eigenvalue weighted by Gasteiger charge is -2.32. The van der Waals surface area contributed by atoms with Gasteiger partial charge >= 0.3 is 6.01 Å². The standard InChI is InChI=1S/C18H20FN3O3/c1-12-5-6-13(10-15(12)19)17(23)22-9-3-4-14(11-22)25-16-7-8-20-18(21-16)24-2/h5-8,10,14H,3-4,9,11H2,1-2H3. The quantitative estimate of drug-likeness (QED) is 0.852. The van der Waals surface area contributed by atoms with Crippen LogP contribution >= 0.6 is 0 Å². The first-order valence-corrected chi connectivity index (χ1v) is 8.16. The molecule has 2 aromatic rings. The van der Waals surface area contributed by atoms with E-state index in [1.807, 2.05) is 0 Å². The average Bonchev–Trinajstić information content (AvgIpc) is 2.64. The summed E-state index contributed by atoms with van der Waals surface area (Å²) in [4.78, 5) is 22.4. The van der Waals surface area contributed by atoms with E-state index in [-0.39, 0.29) is 23.8 Å². The summed E-state index contributed by atoms with van der Waals surface area (Å²) in [6.45, 7) is 2.73. The van der Waals surface area contributed by atoms with Gasteiger partial charge in [-0.05, 0) is 37.5 Å². The second-order valence-corrected chi connectivity index (χ2v) is 5.98. The van der Waals surface area contributed by atoms with Crippen molar-refractivity contribution in [1.29, 1.82) is 0 Å². The lowest BCUT2D eigenvalue weighted by Crippen LogP contribution is -2.44. The van der Waals surface area contributed by atoms with Gasteiger partial charge in [0.1, 0.15) is 11.9 Å². The predicted octanol–water partition coefficient (Wildman–Crippen LogP) is 2.62. The maximum Gasteiger partial charge on any atom is 0.319 e. The van der Waals surface area contributed by atoms with E-state index in [0.29, 0.717) is 30.1 Å². The predicted molar refractivity (Wildman–Crippen MR) is 89.3 cm³/mol. The number of amides is 1. The number of rotatable bonds is 4. The van der Waals surface area contributed by atoms with E-state index < -0.39 is 0 Å². The van der Waals surface area contributed by atoms with Gasteiger partial charge in [0.2, 0.25) is 5.88 Å². The first-order valence-electron chi connectivity index (χ1n) is 8.16. The van der Waals surface area contributed by atoms with E-state index in [1.165, 1.54) is 13.2 Å². The zero-order chi connectivity index (χ0) is 17.8. The van der Waals surface area contributed by atoms with Crippen molar-refractivity contribution in [1.82, 2.24) is 14.9 Å². The van der Waals surface area contributed by atoms with Crippen LogP contribution in [0.25, 0.3) is 0 Å². The average molecular weight is 345 g/mol. The van der Waals surface area contributed by atoms with Crippen LogP contribution in [0.15, 0.2) is 30.5 Å². The number of nitrogens with zero attached hydrogens (tertiary/aromatic N) is 3. The van der Waals surface area contributed by atoms with Gasteiger partial charge in [-0.25, -0.2) is 9.37 Å². The van der Waals surface area contributed by atoms with Crippen molar-refractivity contribution in [2.75, 3.05) is 20.2 Å². The van der Waals surface area contributed by atoms with Crippen LogP contribution in [-0.2, 0) is 0 Å². The fraction of sp³-hybridized carbons (Fsp3) is 0.389. The van der Waals surface area contributed by atoms with E-state index in [9.17, 15) is 9.18 Å². The number of halogens is 1. The first kappa shape index (κ1) is 17.1. The van der Waals surface area contributed by atoms with E-state index >= 15 is 0 Å². The summed E-state index contributed by atoms with van der Waals surface area (Å²) in [5.41, 5.74) is 0.876. The Labute approximate surface area is 145 Å². The second-order valence-electron chi connectivity index (χ2n) is 5.98. The minimum Gasteiger partial charge on any atom is -0.472 e. The highest BCUT2D eigenvalue weighted by Crippen LogP contribution is 2.20. The smallest absolute Gasteiger partial charge is 0.319 e. The number of carbonyl (C=O) groups excluding carboxylic acids is 1. The van der Waals surface area contributed by atoms with Crippen molar-refractivity contribution in [2.45, 2.75) is 25.9 Å². The van der Waals surface area contributed by atoms with Gasteiger partial charge in [0.25, 0.3) is 5.91 Å². The van der Waals surface area contributed by atoms with Gasteiger partial charge in [0.05, 0.1) is 13.7 Å². The molecule has 0 N–H and O–H groups in total. The van der Waals surface area contributed by atoms with Crippen LogP contribution in [0.3, 0.4) is 0 Å². The Balaban J connectivity index is 1.67. The van der Waals surface area contributed by atoms with Gasteiger partial charge in [0.15, 0.2) is 0 Å². The maximum atomic E-state index is 13.7. The number of likely N-dealkylation sites (tertiary alicyclic amines) is 1. The third kappa shape index (κ3) is 4.04. The number of piperidine rings is 1. The Morgan fingerprint density at radius 3 is 2.96 bits per heavy atom. The van der Waals surface area contributed by atoms with Gasteiger partial charge in [-0.2, -0.15) is 4.98 Å². The Hall–Kier alpha value is -2.70. The molecule has 6 nitrogen and oxygen atoms in total. The van der Waals surface area contributed by atoms with Crippen LogP contribution in [0.2, 0.25) is 0 Å². The zero-order valence-electron chi connectivity index (χ0n) is 14.2. The molecule has 1 unspecified atom stereocenters.